The average Bonchev–Trinajstić information content (AvgIpc) is 2.54. The van der Waals surface area contributed by atoms with Gasteiger partial charge in [-0.15, -0.1) is 24.0 Å². The van der Waals surface area contributed by atoms with Crippen molar-refractivity contribution in [2.24, 2.45) is 4.99 Å². The van der Waals surface area contributed by atoms with E-state index in [9.17, 15) is 0 Å². The van der Waals surface area contributed by atoms with E-state index in [1.807, 2.05) is 30.9 Å². The van der Waals surface area contributed by atoms with Crippen LogP contribution >= 0.6 is 35.7 Å². The number of rotatable bonds is 8. The van der Waals surface area contributed by atoms with E-state index in [1.165, 1.54) is 5.56 Å². The molecule has 4 nitrogen and oxygen atoms in total. The molecule has 0 saturated heterocycles. The smallest absolute Gasteiger partial charge is 0.191 e. The molecular formula is C17H30IN3OS. The van der Waals surface area contributed by atoms with E-state index in [2.05, 4.69) is 47.9 Å². The van der Waals surface area contributed by atoms with E-state index in [1.54, 1.807) is 7.11 Å². The van der Waals surface area contributed by atoms with E-state index in [0.717, 1.165) is 37.6 Å². The van der Waals surface area contributed by atoms with Crippen molar-refractivity contribution < 1.29 is 4.74 Å². The highest BCUT2D eigenvalue weighted by Gasteiger charge is 2.15. The van der Waals surface area contributed by atoms with E-state index in [-0.39, 0.29) is 28.7 Å². The van der Waals surface area contributed by atoms with Crippen molar-refractivity contribution >= 4 is 41.7 Å². The highest BCUT2D eigenvalue weighted by molar-refractivity contribution is 14.0. The second kappa shape index (κ2) is 11.8. The molecule has 0 aliphatic rings. The summed E-state index contributed by atoms with van der Waals surface area (Å²) < 4.78 is 5.38. The lowest BCUT2D eigenvalue weighted by Gasteiger charge is -2.23. The summed E-state index contributed by atoms with van der Waals surface area (Å²) >= 11 is 1.85. The molecule has 0 unspecified atom stereocenters. The van der Waals surface area contributed by atoms with Gasteiger partial charge in [0.25, 0.3) is 0 Å². The van der Waals surface area contributed by atoms with Crippen LogP contribution in [0.25, 0.3) is 0 Å². The van der Waals surface area contributed by atoms with Crippen molar-refractivity contribution in [3.05, 3.63) is 29.8 Å². The fourth-order valence-corrected chi connectivity index (χ4v) is 2.10. The maximum Gasteiger partial charge on any atom is 0.191 e. The van der Waals surface area contributed by atoms with Crippen molar-refractivity contribution in [2.75, 3.05) is 33.5 Å². The van der Waals surface area contributed by atoms with Crippen LogP contribution in [0.5, 0.6) is 5.75 Å². The summed E-state index contributed by atoms with van der Waals surface area (Å²) in [6.45, 7) is 6.25. The number of aliphatic imine (C=N–C) groups is 1. The Bertz CT molecular complexity index is 463. The lowest BCUT2D eigenvalue weighted by Crippen LogP contribution is -2.43. The van der Waals surface area contributed by atoms with E-state index < -0.39 is 0 Å². The number of nitrogens with one attached hydrogen (secondary N) is 2. The van der Waals surface area contributed by atoms with Gasteiger partial charge in [0.05, 0.1) is 7.11 Å². The minimum Gasteiger partial charge on any atom is -0.497 e. The Morgan fingerprint density at radius 1 is 1.22 bits per heavy atom. The summed E-state index contributed by atoms with van der Waals surface area (Å²) in [7, 11) is 3.50. The zero-order chi connectivity index (χ0) is 16.4. The Labute approximate surface area is 162 Å². The standard InChI is InChI=1S/C17H29N3OS.HI/c1-17(2,22-5)13-20-16(18-3)19-12-6-7-14-8-10-15(21-4)11-9-14;/h8-11H,6-7,12-13H2,1-5H3,(H2,18,19,20);1H. The van der Waals surface area contributed by atoms with Crippen LogP contribution in [0.15, 0.2) is 29.3 Å². The first-order valence-electron chi connectivity index (χ1n) is 7.63. The number of halogens is 1. The largest absolute Gasteiger partial charge is 0.497 e. The molecule has 0 bridgehead atoms. The summed E-state index contributed by atoms with van der Waals surface area (Å²) in [4.78, 5) is 4.26. The SMILES string of the molecule is CN=C(NCCCc1ccc(OC)cc1)NCC(C)(C)SC.I. The Hall–Kier alpha value is -0.630. The number of ether oxygens (including phenoxy) is 1. The monoisotopic (exact) mass is 451 g/mol. The third-order valence-corrected chi connectivity index (χ3v) is 4.80. The van der Waals surface area contributed by atoms with Gasteiger partial charge in [-0.05, 0) is 50.6 Å². The molecule has 2 N–H and O–H groups in total. The molecule has 0 atom stereocenters. The third-order valence-electron chi connectivity index (χ3n) is 3.55. The van der Waals surface area contributed by atoms with E-state index in [4.69, 9.17) is 4.74 Å². The molecule has 0 aliphatic heterocycles. The van der Waals surface area contributed by atoms with Gasteiger partial charge in [-0.25, -0.2) is 0 Å². The highest BCUT2D eigenvalue weighted by Crippen LogP contribution is 2.19. The molecular weight excluding hydrogens is 421 g/mol. The Balaban J connectivity index is 0.00000484. The van der Waals surface area contributed by atoms with Crippen LogP contribution in [0.3, 0.4) is 0 Å². The molecule has 1 rings (SSSR count). The van der Waals surface area contributed by atoms with Gasteiger partial charge in [0.15, 0.2) is 5.96 Å². The number of aryl methyl sites for hydroxylation is 1. The summed E-state index contributed by atoms with van der Waals surface area (Å²) in [5, 5.41) is 6.74. The maximum atomic E-state index is 5.17. The molecule has 1 aromatic rings. The van der Waals surface area contributed by atoms with Gasteiger partial charge in [-0.2, -0.15) is 11.8 Å². The van der Waals surface area contributed by atoms with Crippen molar-refractivity contribution in [3.63, 3.8) is 0 Å². The first-order valence-corrected chi connectivity index (χ1v) is 8.86. The van der Waals surface area contributed by atoms with Crippen molar-refractivity contribution in [1.29, 1.82) is 0 Å². The molecule has 6 heteroatoms. The number of thioether (sulfide) groups is 1. The molecule has 23 heavy (non-hydrogen) atoms. The average molecular weight is 451 g/mol. The molecule has 0 saturated carbocycles. The molecule has 132 valence electrons. The van der Waals surface area contributed by atoms with Crippen LogP contribution in [-0.4, -0.2) is 44.2 Å². The molecule has 0 amide bonds. The van der Waals surface area contributed by atoms with Gasteiger partial charge in [-0.3, -0.25) is 4.99 Å². The fourth-order valence-electron chi connectivity index (χ4n) is 1.88. The molecule has 0 fully saturated rings. The van der Waals surface area contributed by atoms with Gasteiger partial charge in [0.1, 0.15) is 5.75 Å². The zero-order valence-corrected chi connectivity index (χ0v) is 18.0. The molecule has 0 spiro atoms. The van der Waals surface area contributed by atoms with E-state index in [0.29, 0.717) is 0 Å². The van der Waals surface area contributed by atoms with Crippen LogP contribution in [0.2, 0.25) is 0 Å². The maximum absolute atomic E-state index is 5.17. The Kier molecular flexibility index (Phi) is 11.5. The number of benzene rings is 1. The summed E-state index contributed by atoms with van der Waals surface area (Å²) in [5.74, 6) is 1.78. The predicted molar refractivity (Wildman–Crippen MR) is 114 cm³/mol. The van der Waals surface area contributed by atoms with Gasteiger partial charge < -0.3 is 15.4 Å². The van der Waals surface area contributed by atoms with Crippen molar-refractivity contribution in [1.82, 2.24) is 10.6 Å². The Morgan fingerprint density at radius 3 is 2.39 bits per heavy atom. The molecule has 0 aromatic heterocycles. The highest BCUT2D eigenvalue weighted by atomic mass is 127. The quantitative estimate of drug-likeness (QED) is 0.275. The van der Waals surface area contributed by atoms with Crippen LogP contribution in [0.4, 0.5) is 0 Å². The number of hydrogen-bond acceptors (Lipinski definition) is 3. The molecule has 0 heterocycles. The van der Waals surface area contributed by atoms with Gasteiger partial charge in [0.2, 0.25) is 0 Å². The predicted octanol–water partition coefficient (Wildman–Crippen LogP) is 3.55. The number of methoxy groups -OCH3 is 1. The minimum absolute atomic E-state index is 0. The first-order chi connectivity index (χ1) is 10.5. The first kappa shape index (κ1) is 22.4. The Morgan fingerprint density at radius 2 is 1.87 bits per heavy atom. The number of hydrogen-bond donors (Lipinski definition) is 2. The lowest BCUT2D eigenvalue weighted by molar-refractivity contribution is 0.414. The van der Waals surface area contributed by atoms with Crippen molar-refractivity contribution in [2.45, 2.75) is 31.4 Å². The lowest BCUT2D eigenvalue weighted by atomic mass is 10.1. The fraction of sp³-hybridized carbons (Fsp3) is 0.588. The minimum atomic E-state index is 0. The summed E-state index contributed by atoms with van der Waals surface area (Å²) in [6, 6.07) is 8.25. The summed E-state index contributed by atoms with van der Waals surface area (Å²) in [5.41, 5.74) is 1.33. The van der Waals surface area contributed by atoms with Gasteiger partial charge in [0, 0.05) is 24.9 Å². The van der Waals surface area contributed by atoms with Crippen molar-refractivity contribution in [3.8, 4) is 5.75 Å². The van der Waals surface area contributed by atoms with Crippen LogP contribution in [0.1, 0.15) is 25.8 Å². The number of nitrogens with zero attached hydrogens (tertiary/aromatic N) is 1. The number of guanidine groups is 1. The van der Waals surface area contributed by atoms with Gasteiger partial charge in [-0.1, -0.05) is 12.1 Å². The third kappa shape index (κ3) is 9.30. The molecule has 0 radical (unpaired) electrons. The normalized spacial score (nSPS) is 11.6. The van der Waals surface area contributed by atoms with Crippen LogP contribution in [0, 0.1) is 0 Å². The molecule has 0 aliphatic carbocycles. The van der Waals surface area contributed by atoms with Crippen LogP contribution < -0.4 is 15.4 Å². The second-order valence-electron chi connectivity index (χ2n) is 5.77. The van der Waals surface area contributed by atoms with Gasteiger partial charge >= 0.3 is 0 Å². The second-order valence-corrected chi connectivity index (χ2v) is 7.28. The topological polar surface area (TPSA) is 45.7 Å². The van der Waals surface area contributed by atoms with E-state index >= 15 is 0 Å². The summed E-state index contributed by atoms with van der Waals surface area (Å²) in [6.07, 6.45) is 4.25. The zero-order valence-electron chi connectivity index (χ0n) is 14.8. The van der Waals surface area contributed by atoms with Crippen LogP contribution in [-0.2, 0) is 6.42 Å². The molecule has 1 aromatic carbocycles.